The number of hydrogen-bond donors (Lipinski definition) is 0. The van der Waals surface area contributed by atoms with E-state index in [0.717, 1.165) is 0 Å². The summed E-state index contributed by atoms with van der Waals surface area (Å²) in [6.07, 6.45) is 0. The normalized spacial score (nSPS) is 0. The maximum Gasteiger partial charge on any atom is 2.00 e. The van der Waals surface area contributed by atoms with Crippen LogP contribution in [0.3, 0.4) is 0 Å². The van der Waals surface area contributed by atoms with E-state index in [1.807, 2.05) is 0 Å². The molecule has 0 rings (SSSR count). The van der Waals surface area contributed by atoms with Gasteiger partial charge in [0.25, 0.3) is 0 Å². The van der Waals surface area contributed by atoms with E-state index in [9.17, 15) is 0 Å². The van der Waals surface area contributed by atoms with Gasteiger partial charge in [0.2, 0.25) is 0 Å². The average Bonchev–Trinajstić information content (AvgIpc) is 0. The zero-order chi connectivity index (χ0) is 0. The van der Waals surface area contributed by atoms with Gasteiger partial charge in [-0.05, 0) is 0 Å². The number of rotatable bonds is 0. The largest absolute Gasteiger partial charge is 2.00 e. The predicted molar refractivity (Wildman–Crippen MR) is 16.9 cm³/mol. The minimum absolute atomic E-state index is 0. The van der Waals surface area contributed by atoms with E-state index in [4.69, 9.17) is 0 Å². The first-order chi connectivity index (χ1) is 0. The summed E-state index contributed by atoms with van der Waals surface area (Å²) in [5, 5.41) is 0. The molecule has 0 radical (unpaired) electrons. The molecule has 0 heterocycles. The average molecular weight is 206 g/mol. The smallest absolute Gasteiger partial charge is 0.870 e. The summed E-state index contributed by atoms with van der Waals surface area (Å²) in [4.78, 5) is 0. The van der Waals surface area contributed by atoms with Crippen LogP contribution in [0.2, 0.25) is 0 Å². The summed E-state index contributed by atoms with van der Waals surface area (Å²) < 4.78 is 0. The molecule has 7 heteroatoms. The van der Waals surface area contributed by atoms with Crippen molar-refractivity contribution in [3.8, 4) is 0 Å². The molecule has 0 amide bonds. The molecule has 0 aliphatic heterocycles. The Labute approximate surface area is 78.8 Å². The van der Waals surface area contributed by atoms with Crippen molar-refractivity contribution in [3.63, 3.8) is 0 Å². The standard InChI is InChI=1S/2Fe.Mg.4H2O/h;;;4*1H2/q;;+2;;;;/p-2. The Morgan fingerprint density at radius 1 is 0.571 bits per heavy atom. The molecule has 0 atom stereocenters. The van der Waals surface area contributed by atoms with E-state index in [2.05, 4.69) is 0 Å². The summed E-state index contributed by atoms with van der Waals surface area (Å²) >= 11 is 0. The van der Waals surface area contributed by atoms with E-state index in [1.54, 1.807) is 0 Å². The Hall–Kier alpha value is 1.65. The van der Waals surface area contributed by atoms with Crippen molar-refractivity contribution in [1.82, 2.24) is 0 Å². The van der Waals surface area contributed by atoms with Crippen LogP contribution in [0.15, 0.2) is 0 Å². The van der Waals surface area contributed by atoms with Crippen molar-refractivity contribution in [2.75, 3.05) is 0 Å². The SMILES string of the molecule is O.O.[Fe].[Fe].[Mg+2].[OH-].[OH-]. The van der Waals surface area contributed by atoms with Gasteiger partial charge in [-0.3, -0.25) is 0 Å². The Balaban J connectivity index is 0. The van der Waals surface area contributed by atoms with Crippen molar-refractivity contribution in [2.24, 2.45) is 0 Å². The van der Waals surface area contributed by atoms with Gasteiger partial charge in [0.05, 0.1) is 0 Å². The molecule has 0 aromatic carbocycles. The first kappa shape index (κ1) is 187. The van der Waals surface area contributed by atoms with Crippen molar-refractivity contribution >= 4 is 23.1 Å². The second kappa shape index (κ2) is 125. The summed E-state index contributed by atoms with van der Waals surface area (Å²) in [7, 11) is 0. The fourth-order valence-electron chi connectivity index (χ4n) is 0. The zero-order valence-electron chi connectivity index (χ0n) is 3.31. The fourth-order valence-corrected chi connectivity index (χ4v) is 0. The molecule has 4 nitrogen and oxygen atoms in total. The van der Waals surface area contributed by atoms with Crippen molar-refractivity contribution in [2.45, 2.75) is 0 Å². The van der Waals surface area contributed by atoms with Crippen molar-refractivity contribution in [3.05, 3.63) is 0 Å². The van der Waals surface area contributed by atoms with Gasteiger partial charge in [-0.25, -0.2) is 0 Å². The van der Waals surface area contributed by atoms with Crippen LogP contribution in [0.5, 0.6) is 0 Å². The predicted octanol–water partition coefficient (Wildman–Crippen LogP) is -2.39. The first-order valence-electron chi connectivity index (χ1n) is 0. The molecular formula is H6Fe2MgO4. The van der Waals surface area contributed by atoms with Gasteiger partial charge in [0, 0.05) is 34.1 Å². The third-order valence-electron chi connectivity index (χ3n) is 0. The first-order valence-corrected chi connectivity index (χ1v) is 0. The molecule has 0 aromatic heterocycles. The van der Waals surface area contributed by atoms with Gasteiger partial charge in [-0.1, -0.05) is 0 Å². The molecule has 0 aromatic rings. The molecule has 7 heavy (non-hydrogen) atoms. The van der Waals surface area contributed by atoms with Crippen LogP contribution >= 0.6 is 0 Å². The maximum atomic E-state index is 0. The Bertz CT molecular complexity index is 9.65. The third-order valence-corrected chi connectivity index (χ3v) is 0. The summed E-state index contributed by atoms with van der Waals surface area (Å²) in [6.45, 7) is 0. The van der Waals surface area contributed by atoms with E-state index >= 15 is 0 Å². The number of hydrogen-bond acceptors (Lipinski definition) is 2. The molecule has 0 spiro atoms. The minimum Gasteiger partial charge on any atom is -0.870 e. The molecule has 0 unspecified atom stereocenters. The van der Waals surface area contributed by atoms with Crippen molar-refractivity contribution < 1.29 is 56.0 Å². The van der Waals surface area contributed by atoms with Gasteiger partial charge in [-0.15, -0.1) is 0 Å². The van der Waals surface area contributed by atoms with E-state index < -0.39 is 0 Å². The van der Waals surface area contributed by atoms with Crippen molar-refractivity contribution in [1.29, 1.82) is 0 Å². The van der Waals surface area contributed by atoms with Gasteiger partial charge in [0.1, 0.15) is 0 Å². The summed E-state index contributed by atoms with van der Waals surface area (Å²) in [5.74, 6) is 0. The van der Waals surface area contributed by atoms with Crippen LogP contribution < -0.4 is 0 Å². The minimum atomic E-state index is 0. The molecule has 0 saturated carbocycles. The second-order valence-corrected chi connectivity index (χ2v) is 0. The van der Waals surface area contributed by atoms with Crippen LogP contribution in [0.4, 0.5) is 0 Å². The fraction of sp³-hybridized carbons (Fsp3) is 0. The van der Waals surface area contributed by atoms with Crippen LogP contribution in [-0.4, -0.2) is 45.0 Å². The topological polar surface area (TPSA) is 123 Å². The molecule has 0 aliphatic rings. The van der Waals surface area contributed by atoms with Crippen LogP contribution in [0.1, 0.15) is 0 Å². The van der Waals surface area contributed by atoms with Crippen LogP contribution in [0.25, 0.3) is 0 Å². The van der Waals surface area contributed by atoms with Crippen LogP contribution in [0, 0.1) is 0 Å². The molecule has 48 valence electrons. The van der Waals surface area contributed by atoms with Gasteiger partial charge in [-0.2, -0.15) is 0 Å². The third kappa shape index (κ3) is 90.0. The van der Waals surface area contributed by atoms with Gasteiger partial charge in [0.15, 0.2) is 0 Å². The summed E-state index contributed by atoms with van der Waals surface area (Å²) in [5.41, 5.74) is 0. The molecule has 0 aliphatic carbocycles. The Morgan fingerprint density at radius 3 is 0.571 bits per heavy atom. The van der Waals surface area contributed by atoms with E-state index in [1.165, 1.54) is 0 Å². The summed E-state index contributed by atoms with van der Waals surface area (Å²) in [6, 6.07) is 0. The molecular weight excluding hydrogens is 200 g/mol. The van der Waals surface area contributed by atoms with Crippen LogP contribution in [-0.2, 0) is 34.1 Å². The quantitative estimate of drug-likeness (QED) is 0.410. The maximum absolute atomic E-state index is 0. The molecule has 0 fully saturated rings. The van der Waals surface area contributed by atoms with Gasteiger partial charge < -0.3 is 21.9 Å². The molecule has 6 N–H and O–H groups in total. The van der Waals surface area contributed by atoms with E-state index in [0.29, 0.717) is 0 Å². The van der Waals surface area contributed by atoms with E-state index in [-0.39, 0.29) is 79.1 Å². The zero-order valence-corrected chi connectivity index (χ0v) is 6.93. The second-order valence-electron chi connectivity index (χ2n) is 0. The van der Waals surface area contributed by atoms with Gasteiger partial charge >= 0.3 is 23.1 Å². The Morgan fingerprint density at radius 2 is 0.571 bits per heavy atom. The monoisotopic (exact) mass is 206 g/mol. The molecule has 0 saturated heterocycles. The Kier molecular flexibility index (Phi) is 3330. The molecule has 0 bridgehead atoms.